The van der Waals surface area contributed by atoms with E-state index in [0.29, 0.717) is 0 Å². The molecule has 0 spiro atoms. The topological polar surface area (TPSA) is 52.9 Å². The molecule has 0 saturated heterocycles. The molecule has 0 saturated carbocycles. The quantitative estimate of drug-likeness (QED) is 0.537. The zero-order valence-corrected chi connectivity index (χ0v) is 7.96. The van der Waals surface area contributed by atoms with Crippen LogP contribution in [0.2, 0.25) is 0 Å². The fraction of sp³-hybridized carbons (Fsp3) is 0.429. The first-order valence-corrected chi connectivity index (χ1v) is 3.88. The standard InChI is InChI=1S/C5H5F3N2.C2HF3O2/c6-5(7,8)10-4-2-1-3-9-10;3-2(4,5)1(6)7/h1-3H,4H2;(H,6,7). The zero-order chi connectivity index (χ0) is 13.7. The van der Waals surface area contributed by atoms with Gasteiger partial charge in [0.2, 0.25) is 0 Å². The van der Waals surface area contributed by atoms with E-state index in [0.717, 1.165) is 6.21 Å². The van der Waals surface area contributed by atoms with Crippen molar-refractivity contribution in [2.75, 3.05) is 6.54 Å². The lowest BCUT2D eigenvalue weighted by Gasteiger charge is -2.20. The Morgan fingerprint density at radius 3 is 1.88 bits per heavy atom. The summed E-state index contributed by atoms with van der Waals surface area (Å²) in [5, 5.41) is 10.3. The minimum Gasteiger partial charge on any atom is -0.475 e. The van der Waals surface area contributed by atoms with Crippen LogP contribution in [-0.2, 0) is 4.79 Å². The van der Waals surface area contributed by atoms with Gasteiger partial charge in [0, 0.05) is 6.21 Å². The summed E-state index contributed by atoms with van der Waals surface area (Å²) in [6.45, 7) is -0.194. The molecule has 98 valence electrons. The summed E-state index contributed by atoms with van der Waals surface area (Å²) in [5.41, 5.74) is 0. The molecule has 0 aromatic heterocycles. The van der Waals surface area contributed by atoms with Crippen molar-refractivity contribution in [2.24, 2.45) is 5.10 Å². The van der Waals surface area contributed by atoms with Gasteiger partial charge in [-0.3, -0.25) is 0 Å². The minimum absolute atomic E-state index is 0.0625. The summed E-state index contributed by atoms with van der Waals surface area (Å²) in [5.74, 6) is -2.76. The molecule has 0 aliphatic carbocycles. The second-order valence-electron chi connectivity index (χ2n) is 2.55. The Labute approximate surface area is 90.8 Å². The molecule has 1 aliphatic heterocycles. The van der Waals surface area contributed by atoms with Crippen molar-refractivity contribution >= 4 is 12.2 Å². The van der Waals surface area contributed by atoms with E-state index in [1.54, 1.807) is 0 Å². The van der Waals surface area contributed by atoms with Crippen LogP contribution in [0.3, 0.4) is 0 Å². The SMILES string of the molecule is FC(F)(F)N1CC=CC=N1.O=C(O)C(F)(F)F. The lowest BCUT2D eigenvalue weighted by Crippen LogP contribution is -2.34. The maximum absolute atomic E-state index is 11.7. The fourth-order valence-electron chi connectivity index (χ4n) is 0.557. The predicted octanol–water partition coefficient (Wildman–Crippen LogP) is 2.00. The molecule has 0 unspecified atom stereocenters. The van der Waals surface area contributed by atoms with Gasteiger partial charge in [0.05, 0.1) is 6.54 Å². The van der Waals surface area contributed by atoms with Crippen LogP contribution in [-0.4, -0.2) is 41.3 Å². The van der Waals surface area contributed by atoms with Crippen LogP contribution in [0.15, 0.2) is 17.3 Å². The third kappa shape index (κ3) is 6.43. The number of carboxylic acid groups (broad SMARTS) is 1. The third-order valence-corrected chi connectivity index (χ3v) is 1.24. The molecule has 0 aromatic carbocycles. The zero-order valence-electron chi connectivity index (χ0n) is 7.96. The normalized spacial score (nSPS) is 15.3. The van der Waals surface area contributed by atoms with Gasteiger partial charge in [0.1, 0.15) is 0 Å². The molecule has 1 N–H and O–H groups in total. The predicted molar refractivity (Wildman–Crippen MR) is 44.1 cm³/mol. The number of aliphatic carboxylic acids is 1. The second-order valence-corrected chi connectivity index (χ2v) is 2.55. The van der Waals surface area contributed by atoms with E-state index < -0.39 is 18.4 Å². The Bertz CT molecular complexity index is 319. The van der Waals surface area contributed by atoms with Crippen molar-refractivity contribution in [2.45, 2.75) is 12.5 Å². The van der Waals surface area contributed by atoms with Gasteiger partial charge >= 0.3 is 18.4 Å². The number of halogens is 6. The summed E-state index contributed by atoms with van der Waals surface area (Å²) in [4.78, 5) is 8.90. The molecule has 0 fully saturated rings. The molecular weight excluding hydrogens is 258 g/mol. The van der Waals surface area contributed by atoms with Crippen LogP contribution in [0.4, 0.5) is 26.3 Å². The molecule has 1 rings (SSSR count). The molecule has 0 bridgehead atoms. The fourth-order valence-corrected chi connectivity index (χ4v) is 0.557. The smallest absolute Gasteiger partial charge is 0.475 e. The Morgan fingerprint density at radius 1 is 1.24 bits per heavy atom. The summed E-state index contributed by atoms with van der Waals surface area (Å²) >= 11 is 0. The van der Waals surface area contributed by atoms with E-state index in [-0.39, 0.29) is 11.6 Å². The molecule has 17 heavy (non-hydrogen) atoms. The van der Waals surface area contributed by atoms with Gasteiger partial charge in [-0.05, 0) is 6.08 Å². The molecule has 0 atom stereocenters. The summed E-state index contributed by atoms with van der Waals surface area (Å²) in [7, 11) is 0. The van der Waals surface area contributed by atoms with Crippen LogP contribution < -0.4 is 0 Å². The van der Waals surface area contributed by atoms with Gasteiger partial charge < -0.3 is 5.11 Å². The van der Waals surface area contributed by atoms with Crippen molar-refractivity contribution in [1.82, 2.24) is 5.01 Å². The van der Waals surface area contributed by atoms with Crippen LogP contribution in [0, 0.1) is 0 Å². The number of carboxylic acids is 1. The molecule has 0 amide bonds. The Morgan fingerprint density at radius 2 is 1.71 bits per heavy atom. The highest BCUT2D eigenvalue weighted by atomic mass is 19.4. The largest absolute Gasteiger partial charge is 0.500 e. The van der Waals surface area contributed by atoms with Gasteiger partial charge in [-0.25, -0.2) is 9.80 Å². The number of alkyl halides is 6. The first-order chi connectivity index (χ1) is 7.55. The van der Waals surface area contributed by atoms with Crippen LogP contribution >= 0.6 is 0 Å². The molecule has 10 heteroatoms. The van der Waals surface area contributed by atoms with E-state index in [9.17, 15) is 26.3 Å². The van der Waals surface area contributed by atoms with E-state index >= 15 is 0 Å². The van der Waals surface area contributed by atoms with E-state index in [2.05, 4.69) is 5.10 Å². The van der Waals surface area contributed by atoms with Gasteiger partial charge in [0.15, 0.2) is 0 Å². The maximum atomic E-state index is 11.7. The lowest BCUT2D eigenvalue weighted by molar-refractivity contribution is -0.242. The van der Waals surface area contributed by atoms with Crippen molar-refractivity contribution in [3.63, 3.8) is 0 Å². The molecule has 0 radical (unpaired) electrons. The second kappa shape index (κ2) is 5.55. The van der Waals surface area contributed by atoms with Crippen LogP contribution in [0.1, 0.15) is 0 Å². The molecular formula is C7H6F6N2O2. The number of hydrogen-bond acceptors (Lipinski definition) is 3. The maximum Gasteiger partial charge on any atom is 0.500 e. The summed E-state index contributed by atoms with van der Waals surface area (Å²) in [6, 6.07) is 0. The Kier molecular flexibility index (Phi) is 4.98. The van der Waals surface area contributed by atoms with Crippen LogP contribution in [0.25, 0.3) is 0 Å². The number of nitrogens with zero attached hydrogens (tertiary/aromatic N) is 2. The summed E-state index contributed by atoms with van der Waals surface area (Å²) in [6.07, 6.45) is -5.46. The van der Waals surface area contributed by atoms with E-state index in [1.165, 1.54) is 12.2 Å². The van der Waals surface area contributed by atoms with Crippen molar-refractivity contribution in [3.8, 4) is 0 Å². The molecule has 1 heterocycles. The van der Waals surface area contributed by atoms with Gasteiger partial charge in [-0.1, -0.05) is 6.08 Å². The Hall–Kier alpha value is -1.74. The molecule has 4 nitrogen and oxygen atoms in total. The van der Waals surface area contributed by atoms with Crippen molar-refractivity contribution in [1.29, 1.82) is 0 Å². The van der Waals surface area contributed by atoms with Gasteiger partial charge in [-0.2, -0.15) is 18.3 Å². The van der Waals surface area contributed by atoms with Crippen LogP contribution in [0.5, 0.6) is 0 Å². The first-order valence-electron chi connectivity index (χ1n) is 3.88. The highest BCUT2D eigenvalue weighted by Crippen LogP contribution is 2.21. The highest BCUT2D eigenvalue weighted by Gasteiger charge is 2.38. The monoisotopic (exact) mass is 264 g/mol. The highest BCUT2D eigenvalue weighted by molar-refractivity contribution is 5.73. The number of allylic oxidation sites excluding steroid dienone is 1. The molecule has 1 aliphatic rings. The Balaban J connectivity index is 0.000000325. The first kappa shape index (κ1) is 15.3. The van der Waals surface area contributed by atoms with Crippen molar-refractivity contribution < 1.29 is 36.2 Å². The third-order valence-electron chi connectivity index (χ3n) is 1.24. The average molecular weight is 264 g/mol. The van der Waals surface area contributed by atoms with Crippen molar-refractivity contribution in [3.05, 3.63) is 12.2 Å². The number of rotatable bonds is 0. The number of hydrazone groups is 1. The van der Waals surface area contributed by atoms with Gasteiger partial charge in [0.25, 0.3) is 0 Å². The minimum atomic E-state index is -5.08. The number of carbonyl (C=O) groups is 1. The van der Waals surface area contributed by atoms with E-state index in [4.69, 9.17) is 9.90 Å². The lowest BCUT2D eigenvalue weighted by atomic mass is 10.5. The van der Waals surface area contributed by atoms with Gasteiger partial charge in [-0.15, -0.1) is 13.2 Å². The number of hydrogen-bond donors (Lipinski definition) is 1. The summed E-state index contributed by atoms with van der Waals surface area (Å²) < 4.78 is 66.9. The average Bonchev–Trinajstić information content (AvgIpc) is 2.17. The molecule has 0 aromatic rings. The van der Waals surface area contributed by atoms with E-state index in [1.807, 2.05) is 0 Å².